The number of aromatic hydroxyl groups is 1. The Morgan fingerprint density at radius 1 is 1.35 bits per heavy atom. The number of aryl methyl sites for hydroxylation is 1. The number of hydrogen-bond donors (Lipinski definition) is 1. The second kappa shape index (κ2) is 3.62. The fourth-order valence-electron chi connectivity index (χ4n) is 2.17. The summed E-state index contributed by atoms with van der Waals surface area (Å²) in [6.07, 6.45) is 1.61. The van der Waals surface area contributed by atoms with Crippen molar-refractivity contribution in [2.75, 3.05) is 0 Å². The Labute approximate surface area is 106 Å². The minimum atomic E-state index is -0.209. The summed E-state index contributed by atoms with van der Waals surface area (Å²) in [5, 5.41) is 10.4. The van der Waals surface area contributed by atoms with E-state index in [1.807, 2.05) is 0 Å². The fraction of sp³-hybridized carbons (Fsp3) is 0.273. The van der Waals surface area contributed by atoms with Crippen molar-refractivity contribution in [2.24, 2.45) is 0 Å². The molecule has 1 aliphatic rings. The van der Waals surface area contributed by atoms with E-state index in [4.69, 9.17) is 23.2 Å². The average Bonchev–Trinajstić information content (AvgIpc) is 2.74. The first-order chi connectivity index (χ1) is 8.09. The zero-order chi connectivity index (χ0) is 12.2. The molecule has 0 saturated carbocycles. The summed E-state index contributed by atoms with van der Waals surface area (Å²) >= 11 is 11.8. The molecule has 3 rings (SSSR count). The zero-order valence-electron chi connectivity index (χ0n) is 8.70. The van der Waals surface area contributed by atoms with Gasteiger partial charge in [0.1, 0.15) is 11.3 Å². The molecule has 1 N–H and O–H groups in total. The Kier molecular flexibility index (Phi) is 2.31. The van der Waals surface area contributed by atoms with Gasteiger partial charge >= 0.3 is 0 Å². The lowest BCUT2D eigenvalue weighted by molar-refractivity contribution is 0.480. The molecule has 0 spiro atoms. The highest BCUT2D eigenvalue weighted by Crippen LogP contribution is 2.35. The quantitative estimate of drug-likeness (QED) is 0.800. The molecule has 2 heterocycles. The van der Waals surface area contributed by atoms with E-state index in [-0.39, 0.29) is 32.3 Å². The van der Waals surface area contributed by atoms with Crippen LogP contribution in [0.4, 0.5) is 0 Å². The topological polar surface area (TPSA) is 55.1 Å². The molecule has 6 heteroatoms. The van der Waals surface area contributed by atoms with E-state index in [2.05, 4.69) is 4.98 Å². The predicted octanol–water partition coefficient (Wildman–Crippen LogP) is 2.36. The van der Waals surface area contributed by atoms with Crippen LogP contribution in [0.15, 0.2) is 10.9 Å². The molecule has 2 aromatic rings. The van der Waals surface area contributed by atoms with Crippen LogP contribution < -0.4 is 5.56 Å². The Bertz CT molecular complexity index is 694. The molecule has 0 amide bonds. The lowest BCUT2D eigenvalue weighted by Gasteiger charge is -2.08. The second-order valence-corrected chi connectivity index (χ2v) is 4.82. The highest BCUT2D eigenvalue weighted by Gasteiger charge is 2.20. The molecule has 0 radical (unpaired) electrons. The van der Waals surface area contributed by atoms with Gasteiger partial charge in [-0.05, 0) is 12.5 Å². The van der Waals surface area contributed by atoms with E-state index in [9.17, 15) is 9.90 Å². The Hall–Kier alpha value is -1.26. The normalized spacial score (nSPS) is 14.2. The van der Waals surface area contributed by atoms with Gasteiger partial charge in [0.2, 0.25) is 0 Å². The molecule has 1 aromatic heterocycles. The van der Waals surface area contributed by atoms with Crippen molar-refractivity contribution in [2.45, 2.75) is 19.4 Å². The number of fused-ring (bicyclic) bond motifs is 2. The molecule has 0 fully saturated rings. The fourth-order valence-corrected chi connectivity index (χ4v) is 2.70. The molecular formula is C11H8Cl2N2O2. The number of aromatic nitrogens is 2. The number of phenolic OH excluding ortho intramolecular Hbond substituents is 1. The van der Waals surface area contributed by atoms with Gasteiger partial charge in [-0.2, -0.15) is 0 Å². The maximum Gasteiger partial charge on any atom is 0.263 e. The van der Waals surface area contributed by atoms with Gasteiger partial charge in [-0.1, -0.05) is 23.2 Å². The van der Waals surface area contributed by atoms with Gasteiger partial charge in [0, 0.05) is 13.0 Å². The third-order valence-electron chi connectivity index (χ3n) is 2.97. The zero-order valence-corrected chi connectivity index (χ0v) is 10.2. The molecule has 4 nitrogen and oxygen atoms in total. The van der Waals surface area contributed by atoms with Crippen molar-refractivity contribution in [3.63, 3.8) is 0 Å². The lowest BCUT2D eigenvalue weighted by atomic mass is 10.2. The maximum absolute atomic E-state index is 12.2. The van der Waals surface area contributed by atoms with Crippen LogP contribution in [0, 0.1) is 0 Å². The maximum atomic E-state index is 12.2. The Balaban J connectivity index is 2.56. The number of halogens is 2. The molecule has 17 heavy (non-hydrogen) atoms. The number of benzene rings is 1. The molecular weight excluding hydrogens is 263 g/mol. The van der Waals surface area contributed by atoms with E-state index < -0.39 is 0 Å². The van der Waals surface area contributed by atoms with Crippen LogP contribution >= 0.6 is 23.2 Å². The van der Waals surface area contributed by atoms with Gasteiger partial charge in [-0.25, -0.2) is 4.98 Å². The van der Waals surface area contributed by atoms with Crippen LogP contribution in [0.1, 0.15) is 12.2 Å². The van der Waals surface area contributed by atoms with Crippen LogP contribution in [-0.4, -0.2) is 14.7 Å². The minimum Gasteiger partial charge on any atom is -0.504 e. The van der Waals surface area contributed by atoms with Crippen LogP contribution in [0.5, 0.6) is 5.75 Å². The number of rotatable bonds is 0. The van der Waals surface area contributed by atoms with Crippen molar-refractivity contribution < 1.29 is 5.11 Å². The van der Waals surface area contributed by atoms with Crippen molar-refractivity contribution in [3.05, 3.63) is 32.3 Å². The van der Waals surface area contributed by atoms with E-state index in [0.717, 1.165) is 12.8 Å². The van der Waals surface area contributed by atoms with Crippen molar-refractivity contribution in [3.8, 4) is 5.75 Å². The largest absolute Gasteiger partial charge is 0.504 e. The molecule has 1 aromatic carbocycles. The number of hydrogen-bond acceptors (Lipinski definition) is 3. The monoisotopic (exact) mass is 270 g/mol. The van der Waals surface area contributed by atoms with E-state index in [0.29, 0.717) is 12.4 Å². The summed E-state index contributed by atoms with van der Waals surface area (Å²) < 4.78 is 1.60. The second-order valence-electron chi connectivity index (χ2n) is 4.00. The SMILES string of the molecule is O=c1c2c(Cl)cc(Cl)c(O)c2nc2n1CCC2. The van der Waals surface area contributed by atoms with Crippen molar-refractivity contribution in [1.29, 1.82) is 0 Å². The molecule has 0 aliphatic carbocycles. The van der Waals surface area contributed by atoms with Crippen LogP contribution in [0.25, 0.3) is 10.9 Å². The minimum absolute atomic E-state index is 0.109. The number of phenols is 1. The summed E-state index contributed by atoms with van der Waals surface area (Å²) in [5.74, 6) is 0.495. The summed E-state index contributed by atoms with van der Waals surface area (Å²) in [5.41, 5.74) is -0.0138. The third kappa shape index (κ3) is 1.44. The molecule has 0 unspecified atom stereocenters. The molecule has 1 aliphatic heterocycles. The first kappa shape index (κ1) is 10.9. The van der Waals surface area contributed by atoms with Gasteiger partial charge in [0.05, 0.1) is 15.4 Å². The highest BCUT2D eigenvalue weighted by atomic mass is 35.5. The van der Waals surface area contributed by atoms with E-state index >= 15 is 0 Å². The standard InChI is InChI=1S/C11H8Cl2N2O2/c12-5-4-6(13)10(16)9-8(5)11(17)15-3-1-2-7(15)14-9/h4,16H,1-3H2. The van der Waals surface area contributed by atoms with Gasteiger partial charge < -0.3 is 5.11 Å². The average molecular weight is 271 g/mol. The molecule has 0 atom stereocenters. The lowest BCUT2D eigenvalue weighted by Crippen LogP contribution is -2.21. The van der Waals surface area contributed by atoms with Crippen LogP contribution in [0.3, 0.4) is 0 Å². The number of nitrogens with zero attached hydrogens (tertiary/aromatic N) is 2. The molecule has 0 bridgehead atoms. The van der Waals surface area contributed by atoms with Gasteiger partial charge in [0.15, 0.2) is 5.75 Å². The van der Waals surface area contributed by atoms with Gasteiger partial charge in [0.25, 0.3) is 5.56 Å². The summed E-state index contributed by atoms with van der Waals surface area (Å²) in [7, 11) is 0. The van der Waals surface area contributed by atoms with Crippen LogP contribution in [0.2, 0.25) is 10.0 Å². The van der Waals surface area contributed by atoms with E-state index in [1.54, 1.807) is 4.57 Å². The molecule has 88 valence electrons. The first-order valence-electron chi connectivity index (χ1n) is 5.20. The summed E-state index contributed by atoms with van der Waals surface area (Å²) in [6, 6.07) is 1.37. The van der Waals surface area contributed by atoms with Crippen LogP contribution in [-0.2, 0) is 13.0 Å². The van der Waals surface area contributed by atoms with Crippen molar-refractivity contribution >= 4 is 34.1 Å². The van der Waals surface area contributed by atoms with Crippen molar-refractivity contribution in [1.82, 2.24) is 9.55 Å². The third-order valence-corrected chi connectivity index (χ3v) is 3.56. The van der Waals surface area contributed by atoms with E-state index in [1.165, 1.54) is 6.07 Å². The van der Waals surface area contributed by atoms with Gasteiger partial charge in [-0.15, -0.1) is 0 Å². The first-order valence-corrected chi connectivity index (χ1v) is 5.95. The predicted molar refractivity (Wildman–Crippen MR) is 66.0 cm³/mol. The summed E-state index contributed by atoms with van der Waals surface area (Å²) in [4.78, 5) is 16.5. The Morgan fingerprint density at radius 3 is 2.88 bits per heavy atom. The van der Waals surface area contributed by atoms with Gasteiger partial charge in [-0.3, -0.25) is 9.36 Å². The Morgan fingerprint density at radius 2 is 2.12 bits per heavy atom. The summed E-state index contributed by atoms with van der Waals surface area (Å²) in [6.45, 7) is 0.650. The smallest absolute Gasteiger partial charge is 0.263 e. The highest BCUT2D eigenvalue weighted by molar-refractivity contribution is 6.39. The molecule has 0 saturated heterocycles.